The van der Waals surface area contributed by atoms with Gasteiger partial charge in [-0.3, -0.25) is 4.79 Å². The average Bonchev–Trinajstić information content (AvgIpc) is 2.62. The minimum absolute atomic E-state index is 0.141. The summed E-state index contributed by atoms with van der Waals surface area (Å²) in [6, 6.07) is 12.6. The minimum atomic E-state index is 0.141. The van der Waals surface area contributed by atoms with Crippen LogP contribution in [0.2, 0.25) is 0 Å². The van der Waals surface area contributed by atoms with Gasteiger partial charge in [0.2, 0.25) is 6.41 Å². The fourth-order valence-corrected chi connectivity index (χ4v) is 3.39. The predicted octanol–water partition coefficient (Wildman–Crippen LogP) is 3.65. The fraction of sp³-hybridized carbons (Fsp3) is 0.167. The van der Waals surface area contributed by atoms with Crippen LogP contribution in [0.1, 0.15) is 33.7 Å². The van der Waals surface area contributed by atoms with Crippen molar-refractivity contribution in [2.45, 2.75) is 17.7 Å². The van der Waals surface area contributed by atoms with Crippen LogP contribution in [0.3, 0.4) is 0 Å². The van der Waals surface area contributed by atoms with Crippen LogP contribution in [0.4, 0.5) is 0 Å². The number of benzene rings is 2. The van der Waals surface area contributed by atoms with Crippen LogP contribution in [0.5, 0.6) is 0 Å². The molecule has 0 saturated carbocycles. The second-order valence-electron chi connectivity index (χ2n) is 5.33. The highest BCUT2D eigenvalue weighted by Gasteiger charge is 2.22. The topological polar surface area (TPSA) is 29.1 Å². The average molecular weight is 295 g/mol. The molecule has 21 heavy (non-hydrogen) atoms. The van der Waals surface area contributed by atoms with E-state index in [4.69, 9.17) is 0 Å². The van der Waals surface area contributed by atoms with Gasteiger partial charge in [0, 0.05) is 17.4 Å². The standard InChI is InChI=1S/C18H17NOS/c1-12-8-16-15(18(21)9-12)7-6-13-4-2-3-5-14(13)17(16)10-19-11-20/h2-9,11,17,21H,10H2,1H3,(H,19,20). The molecule has 1 unspecified atom stereocenters. The lowest BCUT2D eigenvalue weighted by Crippen LogP contribution is -2.21. The summed E-state index contributed by atoms with van der Waals surface area (Å²) in [5.41, 5.74) is 5.97. The van der Waals surface area contributed by atoms with Crippen LogP contribution >= 0.6 is 12.6 Å². The van der Waals surface area contributed by atoms with Crippen LogP contribution in [-0.4, -0.2) is 13.0 Å². The van der Waals surface area contributed by atoms with Gasteiger partial charge < -0.3 is 5.32 Å². The molecule has 0 aromatic heterocycles. The van der Waals surface area contributed by atoms with Gasteiger partial charge in [-0.25, -0.2) is 0 Å². The molecule has 106 valence electrons. The van der Waals surface area contributed by atoms with Crippen molar-refractivity contribution < 1.29 is 4.79 Å². The van der Waals surface area contributed by atoms with E-state index in [1.165, 1.54) is 22.3 Å². The first-order valence-electron chi connectivity index (χ1n) is 6.98. The number of hydrogen-bond donors (Lipinski definition) is 2. The molecule has 0 radical (unpaired) electrons. The lowest BCUT2D eigenvalue weighted by atomic mass is 9.87. The number of aryl methyl sites for hydroxylation is 1. The lowest BCUT2D eigenvalue weighted by molar-refractivity contribution is -0.109. The molecular weight excluding hydrogens is 278 g/mol. The third kappa shape index (κ3) is 2.61. The van der Waals surface area contributed by atoms with E-state index in [2.05, 4.69) is 61.3 Å². The number of thiol groups is 1. The molecule has 0 bridgehead atoms. The first kappa shape index (κ1) is 14.0. The number of amides is 1. The molecule has 1 amide bonds. The number of fused-ring (bicyclic) bond motifs is 2. The van der Waals surface area contributed by atoms with Crippen molar-refractivity contribution in [2.75, 3.05) is 6.54 Å². The van der Waals surface area contributed by atoms with Crippen LogP contribution in [0, 0.1) is 6.92 Å². The fourth-order valence-electron chi connectivity index (χ4n) is 2.98. The van der Waals surface area contributed by atoms with Crippen molar-refractivity contribution in [1.29, 1.82) is 0 Å². The van der Waals surface area contributed by atoms with E-state index in [-0.39, 0.29) is 5.92 Å². The molecule has 3 heteroatoms. The Morgan fingerprint density at radius 3 is 2.81 bits per heavy atom. The Morgan fingerprint density at radius 2 is 2.00 bits per heavy atom. The summed E-state index contributed by atoms with van der Waals surface area (Å²) in [5.74, 6) is 0.141. The van der Waals surface area contributed by atoms with Crippen LogP contribution in [0.25, 0.3) is 12.2 Å². The number of rotatable bonds is 3. The maximum atomic E-state index is 10.7. The zero-order chi connectivity index (χ0) is 14.8. The van der Waals surface area contributed by atoms with Gasteiger partial charge in [0.1, 0.15) is 0 Å². The first-order valence-corrected chi connectivity index (χ1v) is 7.43. The summed E-state index contributed by atoms with van der Waals surface area (Å²) >= 11 is 4.62. The van der Waals surface area contributed by atoms with E-state index >= 15 is 0 Å². The highest BCUT2D eigenvalue weighted by atomic mass is 32.1. The molecule has 1 N–H and O–H groups in total. The molecule has 3 rings (SSSR count). The smallest absolute Gasteiger partial charge is 0.207 e. The second-order valence-corrected chi connectivity index (χ2v) is 5.81. The van der Waals surface area contributed by atoms with Crippen molar-refractivity contribution in [1.82, 2.24) is 5.32 Å². The summed E-state index contributed by atoms with van der Waals surface area (Å²) in [5, 5.41) is 2.83. The van der Waals surface area contributed by atoms with Gasteiger partial charge in [0.05, 0.1) is 0 Å². The van der Waals surface area contributed by atoms with Gasteiger partial charge in [-0.15, -0.1) is 12.6 Å². The summed E-state index contributed by atoms with van der Waals surface area (Å²) in [6.07, 6.45) is 5.01. The van der Waals surface area contributed by atoms with Crippen molar-refractivity contribution in [2.24, 2.45) is 0 Å². The van der Waals surface area contributed by atoms with E-state index in [0.29, 0.717) is 6.54 Å². The maximum Gasteiger partial charge on any atom is 0.207 e. The molecule has 0 fully saturated rings. The van der Waals surface area contributed by atoms with Crippen LogP contribution in [0.15, 0.2) is 41.3 Å². The summed E-state index contributed by atoms with van der Waals surface area (Å²) in [6.45, 7) is 2.66. The van der Waals surface area contributed by atoms with Gasteiger partial charge in [0.25, 0.3) is 0 Å². The predicted molar refractivity (Wildman–Crippen MR) is 89.7 cm³/mol. The molecule has 1 aliphatic rings. The van der Waals surface area contributed by atoms with Gasteiger partial charge >= 0.3 is 0 Å². The molecule has 1 atom stereocenters. The zero-order valence-corrected chi connectivity index (χ0v) is 12.7. The van der Waals surface area contributed by atoms with Crippen molar-refractivity contribution in [3.05, 3.63) is 64.2 Å². The number of carbonyl (C=O) groups is 1. The van der Waals surface area contributed by atoms with Gasteiger partial charge in [-0.2, -0.15) is 0 Å². The van der Waals surface area contributed by atoms with Crippen molar-refractivity contribution in [3.63, 3.8) is 0 Å². The quantitative estimate of drug-likeness (QED) is 0.657. The molecule has 0 saturated heterocycles. The third-order valence-corrected chi connectivity index (χ3v) is 4.29. The summed E-state index contributed by atoms with van der Waals surface area (Å²) in [4.78, 5) is 11.7. The summed E-state index contributed by atoms with van der Waals surface area (Å²) < 4.78 is 0. The first-order chi connectivity index (χ1) is 10.2. The molecule has 1 aliphatic carbocycles. The molecular formula is C18H17NOS. The monoisotopic (exact) mass is 295 g/mol. The van der Waals surface area contributed by atoms with Gasteiger partial charge in [-0.05, 0) is 40.8 Å². The Kier molecular flexibility index (Phi) is 3.84. The van der Waals surface area contributed by atoms with Crippen LogP contribution < -0.4 is 5.32 Å². The Balaban J connectivity index is 2.22. The Bertz CT molecular complexity index is 721. The largest absolute Gasteiger partial charge is 0.358 e. The molecule has 0 spiro atoms. The Labute approximate surface area is 130 Å². The zero-order valence-electron chi connectivity index (χ0n) is 11.8. The van der Waals surface area contributed by atoms with Crippen molar-refractivity contribution in [3.8, 4) is 0 Å². The van der Waals surface area contributed by atoms with E-state index in [0.717, 1.165) is 16.9 Å². The van der Waals surface area contributed by atoms with Gasteiger partial charge in [-0.1, -0.05) is 42.5 Å². The molecule has 0 aliphatic heterocycles. The highest BCUT2D eigenvalue weighted by molar-refractivity contribution is 7.80. The molecule has 2 nitrogen and oxygen atoms in total. The van der Waals surface area contributed by atoms with Crippen LogP contribution in [-0.2, 0) is 4.79 Å². The van der Waals surface area contributed by atoms with E-state index in [1.807, 2.05) is 12.1 Å². The third-order valence-electron chi connectivity index (χ3n) is 3.92. The summed E-state index contributed by atoms with van der Waals surface area (Å²) in [7, 11) is 0. The second kappa shape index (κ2) is 5.78. The molecule has 0 heterocycles. The molecule has 2 aromatic rings. The SMILES string of the molecule is Cc1cc(S)c2c(c1)C(CNC=O)c1ccccc1C=C2. The van der Waals surface area contributed by atoms with E-state index < -0.39 is 0 Å². The Hall–Kier alpha value is -2.00. The van der Waals surface area contributed by atoms with Crippen molar-refractivity contribution >= 4 is 31.2 Å². The van der Waals surface area contributed by atoms with E-state index in [1.54, 1.807) is 0 Å². The molecule has 2 aromatic carbocycles. The maximum absolute atomic E-state index is 10.7. The highest BCUT2D eigenvalue weighted by Crippen LogP contribution is 2.37. The number of nitrogens with one attached hydrogen (secondary N) is 1. The minimum Gasteiger partial charge on any atom is -0.358 e. The lowest BCUT2D eigenvalue weighted by Gasteiger charge is -2.21. The van der Waals surface area contributed by atoms with Gasteiger partial charge in [0.15, 0.2) is 0 Å². The Morgan fingerprint density at radius 1 is 1.19 bits per heavy atom. The normalized spacial score (nSPS) is 15.8. The number of hydrogen-bond acceptors (Lipinski definition) is 2. The van der Waals surface area contributed by atoms with E-state index in [9.17, 15) is 4.79 Å². The number of carbonyl (C=O) groups excluding carboxylic acids is 1.